The molecule has 3 aromatic rings. The van der Waals surface area contributed by atoms with Gasteiger partial charge in [0.2, 0.25) is 11.8 Å². The molecule has 0 bridgehead atoms. The van der Waals surface area contributed by atoms with Crippen LogP contribution >= 0.6 is 23.2 Å². The minimum absolute atomic E-state index is 0.0548. The lowest BCUT2D eigenvalue weighted by Gasteiger charge is -2.36. The van der Waals surface area contributed by atoms with E-state index in [4.69, 9.17) is 23.2 Å². The lowest BCUT2D eigenvalue weighted by Crippen LogP contribution is -2.52. The van der Waals surface area contributed by atoms with Gasteiger partial charge in [-0.1, -0.05) is 41.4 Å². The highest BCUT2D eigenvalue weighted by Gasteiger charge is 2.39. The summed E-state index contributed by atoms with van der Waals surface area (Å²) in [6.07, 6.45) is -0.367. The fourth-order valence-electron chi connectivity index (χ4n) is 3.60. The number of amides is 3. The summed E-state index contributed by atoms with van der Waals surface area (Å²) < 4.78 is 0. The number of carbonyl (C=O) groups is 3. The molecule has 34 heavy (non-hydrogen) atoms. The third-order valence-electron chi connectivity index (χ3n) is 5.13. The van der Waals surface area contributed by atoms with Crippen LogP contribution in [0.1, 0.15) is 16.8 Å². The Labute approximate surface area is 203 Å². The van der Waals surface area contributed by atoms with Crippen LogP contribution in [0.2, 0.25) is 10.0 Å². The van der Waals surface area contributed by atoms with Gasteiger partial charge in [0.15, 0.2) is 0 Å². The zero-order chi connectivity index (χ0) is 24.4. The summed E-state index contributed by atoms with van der Waals surface area (Å²) >= 11 is 11.8. The van der Waals surface area contributed by atoms with E-state index in [1.54, 1.807) is 48.5 Å². The average molecular weight is 499 g/mol. The van der Waals surface area contributed by atoms with E-state index in [1.807, 2.05) is 0 Å². The molecule has 11 heteroatoms. The molecule has 0 aromatic heterocycles. The van der Waals surface area contributed by atoms with Gasteiger partial charge in [-0.2, -0.15) is 0 Å². The van der Waals surface area contributed by atoms with E-state index in [2.05, 4.69) is 10.6 Å². The fourth-order valence-corrected chi connectivity index (χ4v) is 3.98. The van der Waals surface area contributed by atoms with Crippen LogP contribution in [0.25, 0.3) is 0 Å². The van der Waals surface area contributed by atoms with Gasteiger partial charge in [0.1, 0.15) is 11.1 Å². The summed E-state index contributed by atoms with van der Waals surface area (Å²) in [5, 5.41) is 16.9. The largest absolute Gasteiger partial charge is 0.326 e. The second kappa shape index (κ2) is 9.50. The molecule has 0 saturated heterocycles. The number of halogens is 2. The number of hydrogen-bond acceptors (Lipinski definition) is 5. The predicted molar refractivity (Wildman–Crippen MR) is 128 cm³/mol. The van der Waals surface area contributed by atoms with Crippen LogP contribution < -0.4 is 15.5 Å². The van der Waals surface area contributed by atoms with Gasteiger partial charge in [-0.25, -0.2) is 0 Å². The van der Waals surface area contributed by atoms with Crippen molar-refractivity contribution in [3.63, 3.8) is 0 Å². The first kappa shape index (κ1) is 23.2. The summed E-state index contributed by atoms with van der Waals surface area (Å²) in [7, 11) is 0. The minimum atomic E-state index is -1.21. The van der Waals surface area contributed by atoms with E-state index in [0.717, 1.165) is 6.07 Å². The van der Waals surface area contributed by atoms with Crippen molar-refractivity contribution in [2.24, 2.45) is 0 Å². The standard InChI is InChI=1S/C23H16Cl2N4O5/c24-14-4-3-5-15(11-14)26-21(30)12-20-22(31)27-17-6-1-2-7-18(17)28(20)23(32)13-8-9-16(25)19(10-13)29(33)34/h1-11,20H,12H2,(H,26,30)(H,27,31)/t20-/m0/s1. The molecule has 1 aliphatic heterocycles. The van der Waals surface area contributed by atoms with Gasteiger partial charge >= 0.3 is 0 Å². The van der Waals surface area contributed by atoms with Crippen molar-refractivity contribution in [1.29, 1.82) is 0 Å². The maximum absolute atomic E-state index is 13.5. The fraction of sp³-hybridized carbons (Fsp3) is 0.0870. The van der Waals surface area contributed by atoms with Crippen LogP contribution in [0.3, 0.4) is 0 Å². The first-order chi connectivity index (χ1) is 16.2. The summed E-state index contributed by atoms with van der Waals surface area (Å²) in [4.78, 5) is 51.0. The smallest absolute Gasteiger partial charge is 0.288 e. The van der Waals surface area contributed by atoms with E-state index in [0.29, 0.717) is 22.1 Å². The lowest BCUT2D eigenvalue weighted by atomic mass is 10.0. The molecule has 4 rings (SSSR count). The Kier molecular flexibility index (Phi) is 6.49. The molecule has 2 N–H and O–H groups in total. The average Bonchev–Trinajstić information content (AvgIpc) is 2.79. The van der Waals surface area contributed by atoms with Crippen LogP contribution in [0.15, 0.2) is 66.7 Å². The number of nitro benzene ring substituents is 1. The molecule has 0 fully saturated rings. The van der Waals surface area contributed by atoms with Gasteiger partial charge < -0.3 is 10.6 Å². The van der Waals surface area contributed by atoms with E-state index in [-0.39, 0.29) is 17.0 Å². The molecular formula is C23H16Cl2N4O5. The Morgan fingerprint density at radius 1 is 1.06 bits per heavy atom. The van der Waals surface area contributed by atoms with Crippen LogP contribution in [-0.2, 0) is 9.59 Å². The monoisotopic (exact) mass is 498 g/mol. The number of carbonyl (C=O) groups excluding carboxylic acids is 3. The Balaban J connectivity index is 1.69. The molecule has 0 saturated carbocycles. The molecule has 1 aliphatic rings. The number of para-hydroxylation sites is 2. The van der Waals surface area contributed by atoms with Gasteiger partial charge in [0.05, 0.1) is 22.7 Å². The Bertz CT molecular complexity index is 1330. The zero-order valence-corrected chi connectivity index (χ0v) is 18.8. The number of nitro groups is 1. The summed E-state index contributed by atoms with van der Waals surface area (Å²) in [6, 6.07) is 15.5. The highest BCUT2D eigenvalue weighted by molar-refractivity contribution is 6.33. The number of anilines is 3. The molecule has 0 radical (unpaired) electrons. The Morgan fingerprint density at radius 2 is 1.82 bits per heavy atom. The lowest BCUT2D eigenvalue weighted by molar-refractivity contribution is -0.384. The SMILES string of the molecule is O=C(C[C@H]1C(=O)Nc2ccccc2N1C(=O)c1ccc(Cl)c([N+](=O)[O-])c1)Nc1cccc(Cl)c1. The van der Waals surface area contributed by atoms with Crippen LogP contribution in [0.5, 0.6) is 0 Å². The molecule has 3 aromatic carbocycles. The molecular weight excluding hydrogens is 483 g/mol. The number of benzene rings is 3. The van der Waals surface area contributed by atoms with Crippen molar-refractivity contribution in [1.82, 2.24) is 0 Å². The van der Waals surface area contributed by atoms with Crippen molar-refractivity contribution in [3.8, 4) is 0 Å². The molecule has 1 heterocycles. The van der Waals surface area contributed by atoms with Gasteiger partial charge in [0.25, 0.3) is 11.6 Å². The maximum Gasteiger partial charge on any atom is 0.288 e. The molecule has 0 aliphatic carbocycles. The van der Waals surface area contributed by atoms with E-state index in [9.17, 15) is 24.5 Å². The Morgan fingerprint density at radius 3 is 2.56 bits per heavy atom. The maximum atomic E-state index is 13.5. The first-order valence-electron chi connectivity index (χ1n) is 9.97. The number of nitrogens with one attached hydrogen (secondary N) is 2. The second-order valence-corrected chi connectivity index (χ2v) is 8.23. The van der Waals surface area contributed by atoms with Crippen LogP contribution in [-0.4, -0.2) is 28.7 Å². The van der Waals surface area contributed by atoms with E-state index < -0.39 is 34.4 Å². The minimum Gasteiger partial charge on any atom is -0.326 e. The molecule has 172 valence electrons. The molecule has 3 amide bonds. The summed E-state index contributed by atoms with van der Waals surface area (Å²) in [5.74, 6) is -1.79. The molecule has 0 spiro atoms. The van der Waals surface area contributed by atoms with Crippen molar-refractivity contribution in [2.75, 3.05) is 15.5 Å². The van der Waals surface area contributed by atoms with Crippen LogP contribution in [0.4, 0.5) is 22.7 Å². The van der Waals surface area contributed by atoms with Crippen molar-refractivity contribution < 1.29 is 19.3 Å². The number of rotatable bonds is 5. The zero-order valence-electron chi connectivity index (χ0n) is 17.3. The van der Waals surface area contributed by atoms with Gasteiger partial charge in [-0.15, -0.1) is 0 Å². The topological polar surface area (TPSA) is 122 Å². The third-order valence-corrected chi connectivity index (χ3v) is 5.69. The van der Waals surface area contributed by atoms with Gasteiger partial charge in [0, 0.05) is 22.3 Å². The normalized spacial score (nSPS) is 14.7. The van der Waals surface area contributed by atoms with Crippen molar-refractivity contribution in [3.05, 3.63) is 92.5 Å². The van der Waals surface area contributed by atoms with E-state index >= 15 is 0 Å². The quantitative estimate of drug-likeness (QED) is 0.382. The summed E-state index contributed by atoms with van der Waals surface area (Å²) in [5.41, 5.74) is 0.653. The number of nitrogens with zero attached hydrogens (tertiary/aromatic N) is 2. The third kappa shape index (κ3) is 4.70. The van der Waals surface area contributed by atoms with Crippen molar-refractivity contribution in [2.45, 2.75) is 12.5 Å². The number of hydrogen-bond donors (Lipinski definition) is 2. The van der Waals surface area contributed by atoms with E-state index in [1.165, 1.54) is 17.0 Å². The highest BCUT2D eigenvalue weighted by Crippen LogP contribution is 2.35. The van der Waals surface area contributed by atoms with Gasteiger partial charge in [-0.05, 0) is 42.5 Å². The molecule has 1 atom stereocenters. The Hall–Kier alpha value is -3.95. The first-order valence-corrected chi connectivity index (χ1v) is 10.7. The van der Waals surface area contributed by atoms with Gasteiger partial charge in [-0.3, -0.25) is 29.4 Å². The second-order valence-electron chi connectivity index (χ2n) is 7.38. The molecule has 0 unspecified atom stereocenters. The summed E-state index contributed by atoms with van der Waals surface area (Å²) in [6.45, 7) is 0. The number of fused-ring (bicyclic) bond motifs is 1. The highest BCUT2D eigenvalue weighted by atomic mass is 35.5. The van der Waals surface area contributed by atoms with Crippen molar-refractivity contribution >= 4 is 63.7 Å². The predicted octanol–water partition coefficient (Wildman–Crippen LogP) is 4.90. The molecule has 9 nitrogen and oxygen atoms in total. The van der Waals surface area contributed by atoms with Crippen LogP contribution in [0, 0.1) is 10.1 Å².